The summed E-state index contributed by atoms with van der Waals surface area (Å²) in [6.07, 6.45) is 1.65. The third kappa shape index (κ3) is 3.70. The van der Waals surface area contributed by atoms with E-state index < -0.39 is 0 Å². The van der Waals surface area contributed by atoms with Crippen LogP contribution in [0, 0.1) is 6.92 Å². The van der Waals surface area contributed by atoms with E-state index in [1.165, 1.54) is 0 Å². The molecule has 6 nitrogen and oxygen atoms in total. The molecule has 0 spiro atoms. The molecule has 0 saturated carbocycles. The molecule has 1 aromatic carbocycles. The predicted molar refractivity (Wildman–Crippen MR) is 99.9 cm³/mol. The van der Waals surface area contributed by atoms with E-state index in [1.807, 2.05) is 43.3 Å². The second-order valence-corrected chi connectivity index (χ2v) is 5.94. The van der Waals surface area contributed by atoms with Crippen LogP contribution in [0.4, 0.5) is 0 Å². The number of rotatable bonds is 6. The maximum Gasteiger partial charge on any atom is 0.256 e. The smallest absolute Gasteiger partial charge is 0.256 e. The second-order valence-electron chi connectivity index (χ2n) is 5.58. The topological polar surface area (TPSA) is 69.0 Å². The Labute approximate surface area is 156 Å². The van der Waals surface area contributed by atoms with Crippen molar-refractivity contribution < 1.29 is 9.53 Å². The molecule has 0 fully saturated rings. The number of carbonyl (C=O) groups is 1. The van der Waals surface area contributed by atoms with Gasteiger partial charge in [-0.25, -0.2) is 9.67 Å². The molecule has 0 aliphatic rings. The predicted octanol–water partition coefficient (Wildman–Crippen LogP) is 3.56. The van der Waals surface area contributed by atoms with Crippen LogP contribution in [0.25, 0.3) is 5.69 Å². The Morgan fingerprint density at radius 2 is 2.00 bits per heavy atom. The molecule has 0 radical (unpaired) electrons. The molecule has 1 N–H and O–H groups in total. The number of hydrogen-bond acceptors (Lipinski definition) is 4. The Hall–Kier alpha value is -2.86. The number of para-hydroxylation sites is 1. The fraction of sp³-hybridized carbons (Fsp3) is 0.211. The van der Waals surface area contributed by atoms with Crippen molar-refractivity contribution in [2.24, 2.45) is 0 Å². The first kappa shape index (κ1) is 17.9. The van der Waals surface area contributed by atoms with Crippen LogP contribution in [0.5, 0.6) is 5.88 Å². The van der Waals surface area contributed by atoms with Gasteiger partial charge in [-0.05, 0) is 32.0 Å². The summed E-state index contributed by atoms with van der Waals surface area (Å²) in [5.74, 6) is 0.221. The van der Waals surface area contributed by atoms with Gasteiger partial charge in [-0.1, -0.05) is 35.9 Å². The highest BCUT2D eigenvalue weighted by Crippen LogP contribution is 2.23. The van der Waals surface area contributed by atoms with E-state index >= 15 is 0 Å². The van der Waals surface area contributed by atoms with E-state index in [4.69, 9.17) is 16.3 Å². The van der Waals surface area contributed by atoms with Gasteiger partial charge in [0.2, 0.25) is 5.88 Å². The fourth-order valence-electron chi connectivity index (χ4n) is 2.59. The second kappa shape index (κ2) is 8.01. The molecule has 0 unspecified atom stereocenters. The molecular formula is C19H19ClN4O2. The number of aryl methyl sites for hydroxylation is 1. The monoisotopic (exact) mass is 370 g/mol. The van der Waals surface area contributed by atoms with Crippen LogP contribution >= 0.6 is 11.6 Å². The zero-order valence-corrected chi connectivity index (χ0v) is 15.3. The van der Waals surface area contributed by atoms with Crippen molar-refractivity contribution in [3.05, 3.63) is 70.6 Å². The largest absolute Gasteiger partial charge is 0.478 e. The number of hydrogen-bond donors (Lipinski definition) is 1. The van der Waals surface area contributed by atoms with Crippen molar-refractivity contribution in [3.8, 4) is 11.6 Å². The molecule has 3 aromatic rings. The molecule has 0 aliphatic carbocycles. The summed E-state index contributed by atoms with van der Waals surface area (Å²) in [5, 5.41) is 7.53. The lowest BCUT2D eigenvalue weighted by molar-refractivity contribution is 0.0950. The van der Waals surface area contributed by atoms with Gasteiger partial charge >= 0.3 is 0 Å². The first-order valence-electron chi connectivity index (χ1n) is 8.27. The Morgan fingerprint density at radius 3 is 2.73 bits per heavy atom. The summed E-state index contributed by atoms with van der Waals surface area (Å²) in [7, 11) is 0. The Bertz CT molecular complexity index is 909. The molecule has 0 bridgehead atoms. The molecule has 0 aliphatic heterocycles. The summed E-state index contributed by atoms with van der Waals surface area (Å²) in [6, 6.07) is 13.1. The SMILES string of the molecule is CCOc1ncccc1CNC(=O)c1c(C)nn(-c2ccccc2)c1Cl. The van der Waals surface area contributed by atoms with Gasteiger partial charge < -0.3 is 10.1 Å². The first-order chi connectivity index (χ1) is 12.6. The highest BCUT2D eigenvalue weighted by molar-refractivity contribution is 6.33. The minimum absolute atomic E-state index is 0.280. The highest BCUT2D eigenvalue weighted by atomic mass is 35.5. The summed E-state index contributed by atoms with van der Waals surface area (Å²) in [6.45, 7) is 4.44. The van der Waals surface area contributed by atoms with Crippen molar-refractivity contribution in [1.29, 1.82) is 0 Å². The van der Waals surface area contributed by atoms with Crippen LogP contribution in [-0.2, 0) is 6.54 Å². The van der Waals surface area contributed by atoms with E-state index in [1.54, 1.807) is 23.9 Å². The maximum absolute atomic E-state index is 12.7. The van der Waals surface area contributed by atoms with Crippen LogP contribution in [0.3, 0.4) is 0 Å². The zero-order valence-electron chi connectivity index (χ0n) is 14.6. The van der Waals surface area contributed by atoms with Gasteiger partial charge in [0.1, 0.15) is 5.15 Å². The average molecular weight is 371 g/mol. The number of pyridine rings is 1. The van der Waals surface area contributed by atoms with Gasteiger partial charge in [-0.3, -0.25) is 4.79 Å². The van der Waals surface area contributed by atoms with E-state index in [0.717, 1.165) is 11.3 Å². The summed E-state index contributed by atoms with van der Waals surface area (Å²) >= 11 is 6.42. The van der Waals surface area contributed by atoms with Crippen LogP contribution in [0.2, 0.25) is 5.15 Å². The van der Waals surface area contributed by atoms with Gasteiger partial charge in [0.25, 0.3) is 5.91 Å². The molecular weight excluding hydrogens is 352 g/mol. The molecule has 3 rings (SSSR count). The molecule has 2 heterocycles. The lowest BCUT2D eigenvalue weighted by Crippen LogP contribution is -2.24. The maximum atomic E-state index is 12.7. The van der Waals surface area contributed by atoms with Gasteiger partial charge in [0.15, 0.2) is 0 Å². The number of benzene rings is 1. The number of aromatic nitrogens is 3. The minimum Gasteiger partial charge on any atom is -0.478 e. The quantitative estimate of drug-likeness (QED) is 0.720. The van der Waals surface area contributed by atoms with Crippen LogP contribution in [0.1, 0.15) is 28.5 Å². The lowest BCUT2D eigenvalue weighted by Gasteiger charge is -2.10. The van der Waals surface area contributed by atoms with Gasteiger partial charge in [0.05, 0.1) is 23.6 Å². The third-order valence-electron chi connectivity index (χ3n) is 3.80. The molecule has 134 valence electrons. The number of nitrogens with one attached hydrogen (secondary N) is 1. The van der Waals surface area contributed by atoms with Crippen molar-refractivity contribution in [1.82, 2.24) is 20.1 Å². The molecule has 7 heteroatoms. The third-order valence-corrected chi connectivity index (χ3v) is 4.15. The van der Waals surface area contributed by atoms with E-state index in [9.17, 15) is 4.79 Å². The summed E-state index contributed by atoms with van der Waals surface area (Å²) in [5.41, 5.74) is 2.52. The first-order valence-corrected chi connectivity index (χ1v) is 8.65. The van der Waals surface area contributed by atoms with E-state index in [0.29, 0.717) is 23.7 Å². The van der Waals surface area contributed by atoms with Crippen LogP contribution < -0.4 is 10.1 Å². The molecule has 0 atom stereocenters. The van der Waals surface area contributed by atoms with Crippen LogP contribution in [-0.4, -0.2) is 27.3 Å². The van der Waals surface area contributed by atoms with Crippen molar-refractivity contribution >= 4 is 17.5 Å². The number of carbonyl (C=O) groups excluding carboxylic acids is 1. The van der Waals surface area contributed by atoms with Gasteiger partial charge in [0, 0.05) is 18.3 Å². The summed E-state index contributed by atoms with van der Waals surface area (Å²) in [4.78, 5) is 16.8. The number of halogens is 1. The fourth-order valence-corrected chi connectivity index (χ4v) is 2.94. The Balaban J connectivity index is 1.80. The van der Waals surface area contributed by atoms with Gasteiger partial charge in [-0.15, -0.1) is 0 Å². The Kier molecular flexibility index (Phi) is 5.53. The Morgan fingerprint density at radius 1 is 1.23 bits per heavy atom. The summed E-state index contributed by atoms with van der Waals surface area (Å²) < 4.78 is 7.04. The minimum atomic E-state index is -0.291. The molecule has 1 amide bonds. The normalized spacial score (nSPS) is 10.6. The van der Waals surface area contributed by atoms with Crippen LogP contribution in [0.15, 0.2) is 48.7 Å². The number of amides is 1. The van der Waals surface area contributed by atoms with Crippen molar-refractivity contribution in [2.45, 2.75) is 20.4 Å². The zero-order chi connectivity index (χ0) is 18.5. The highest BCUT2D eigenvalue weighted by Gasteiger charge is 2.21. The average Bonchev–Trinajstić information content (AvgIpc) is 2.96. The van der Waals surface area contributed by atoms with Crippen molar-refractivity contribution in [2.75, 3.05) is 6.61 Å². The standard InChI is InChI=1S/C19H19ClN4O2/c1-3-26-19-14(8-7-11-21-19)12-22-18(25)16-13(2)23-24(17(16)20)15-9-5-4-6-10-15/h4-11H,3,12H2,1-2H3,(H,22,25). The van der Waals surface area contributed by atoms with E-state index in [2.05, 4.69) is 15.4 Å². The van der Waals surface area contributed by atoms with Gasteiger partial charge in [-0.2, -0.15) is 5.10 Å². The number of nitrogens with zero attached hydrogens (tertiary/aromatic N) is 3. The number of ether oxygens (including phenoxy) is 1. The van der Waals surface area contributed by atoms with Crippen molar-refractivity contribution in [3.63, 3.8) is 0 Å². The molecule has 0 saturated heterocycles. The lowest BCUT2D eigenvalue weighted by atomic mass is 10.2. The van der Waals surface area contributed by atoms with E-state index in [-0.39, 0.29) is 17.6 Å². The molecule has 26 heavy (non-hydrogen) atoms. The molecule has 2 aromatic heterocycles.